The van der Waals surface area contributed by atoms with Crippen molar-refractivity contribution in [2.75, 3.05) is 14.2 Å². The Balaban J connectivity index is -0.0000000208. The zero-order valence-corrected chi connectivity index (χ0v) is 11.0. The van der Waals surface area contributed by atoms with Crippen molar-refractivity contribution < 1.29 is 75.6 Å². The van der Waals surface area contributed by atoms with Crippen molar-refractivity contribution in [2.24, 2.45) is 0 Å². The van der Waals surface area contributed by atoms with Crippen molar-refractivity contribution in [2.45, 2.75) is 0 Å². The van der Waals surface area contributed by atoms with E-state index in [2.05, 4.69) is 8.85 Å². The van der Waals surface area contributed by atoms with Gasteiger partial charge in [0.1, 0.15) is 0 Å². The molecular weight excluding hydrogens is 146 g/mol. The molecular formula is C2H10Na2O3Si. The zero-order chi connectivity index (χ0) is 4.99. The van der Waals surface area contributed by atoms with Gasteiger partial charge in [0, 0.05) is 14.2 Å². The molecule has 0 unspecified atom stereocenters. The van der Waals surface area contributed by atoms with Crippen LogP contribution < -0.4 is 59.1 Å². The Morgan fingerprint density at radius 2 is 1.50 bits per heavy atom. The van der Waals surface area contributed by atoms with Crippen LogP contribution in [0.5, 0.6) is 0 Å². The summed E-state index contributed by atoms with van der Waals surface area (Å²) in [5, 5.41) is 0. The van der Waals surface area contributed by atoms with Crippen LogP contribution in [-0.2, 0) is 8.85 Å². The molecule has 8 heavy (non-hydrogen) atoms. The van der Waals surface area contributed by atoms with Crippen LogP contribution in [0.2, 0.25) is 0 Å². The maximum Gasteiger partial charge on any atom is 1.00 e. The first-order chi connectivity index (χ1) is 2.81. The van der Waals surface area contributed by atoms with Crippen LogP contribution in [-0.4, -0.2) is 28.5 Å². The summed E-state index contributed by atoms with van der Waals surface area (Å²) < 4.78 is 8.74. The predicted molar refractivity (Wildman–Crippen MR) is 25.6 cm³/mol. The molecule has 6 heteroatoms. The van der Waals surface area contributed by atoms with Crippen molar-refractivity contribution in [3.05, 3.63) is 0 Å². The summed E-state index contributed by atoms with van der Waals surface area (Å²) in [6.07, 6.45) is 0. The van der Waals surface area contributed by atoms with Crippen LogP contribution in [0, 0.1) is 0 Å². The SMILES string of the molecule is CO[SiH](O)OC.[H-].[H-].[Na+].[Na+]. The summed E-state index contributed by atoms with van der Waals surface area (Å²) in [6, 6.07) is 0. The average molecular weight is 156 g/mol. The minimum absolute atomic E-state index is 0. The maximum absolute atomic E-state index is 8.36. The average Bonchev–Trinajstić information content (AvgIpc) is 1.65. The molecule has 0 aliphatic heterocycles. The second kappa shape index (κ2) is 11.8. The maximum atomic E-state index is 8.36. The molecule has 0 atom stereocenters. The van der Waals surface area contributed by atoms with Crippen molar-refractivity contribution >= 4 is 9.53 Å². The molecule has 0 aliphatic rings. The fraction of sp³-hybridized carbons (Fsp3) is 1.00. The van der Waals surface area contributed by atoms with E-state index >= 15 is 0 Å². The van der Waals surface area contributed by atoms with Crippen LogP contribution in [0.4, 0.5) is 0 Å². The second-order valence-electron chi connectivity index (χ2n) is 0.778. The van der Waals surface area contributed by atoms with Gasteiger partial charge in [-0.05, 0) is 0 Å². The van der Waals surface area contributed by atoms with Gasteiger partial charge in [0.15, 0.2) is 0 Å². The van der Waals surface area contributed by atoms with Crippen molar-refractivity contribution in [1.82, 2.24) is 0 Å². The molecule has 42 valence electrons. The standard InChI is InChI=1S/C2H8O3Si.2Na.2H/c1-4-6(3)5-2;;;;/h3,6H,1-2H3;;;;/q;2*+1;2*-1. The van der Waals surface area contributed by atoms with Crippen LogP contribution in [0.25, 0.3) is 0 Å². The van der Waals surface area contributed by atoms with Crippen LogP contribution >= 0.6 is 0 Å². The van der Waals surface area contributed by atoms with E-state index in [1.54, 1.807) is 0 Å². The molecule has 0 fully saturated rings. The first kappa shape index (κ1) is 16.6. The zero-order valence-electron chi connectivity index (χ0n) is 7.84. The Morgan fingerprint density at radius 1 is 1.25 bits per heavy atom. The minimum Gasteiger partial charge on any atom is -1.00 e. The molecule has 0 aromatic rings. The molecule has 0 amide bonds. The van der Waals surface area contributed by atoms with Crippen LogP contribution in [0.15, 0.2) is 0 Å². The largest absolute Gasteiger partial charge is 1.00 e. The Labute approximate surface area is 98.3 Å². The summed E-state index contributed by atoms with van der Waals surface area (Å²) in [7, 11) is 0.674. The molecule has 0 saturated carbocycles. The Kier molecular flexibility index (Phi) is 24.6. The summed E-state index contributed by atoms with van der Waals surface area (Å²) in [5.74, 6) is 0. The smallest absolute Gasteiger partial charge is 1.00 e. The van der Waals surface area contributed by atoms with E-state index in [0.29, 0.717) is 0 Å². The van der Waals surface area contributed by atoms with Gasteiger partial charge in [-0.25, -0.2) is 0 Å². The molecule has 0 spiro atoms. The monoisotopic (exact) mass is 156 g/mol. The predicted octanol–water partition coefficient (Wildman–Crippen LogP) is -6.78. The fourth-order valence-corrected chi connectivity index (χ4v) is 0.289. The summed E-state index contributed by atoms with van der Waals surface area (Å²) >= 11 is 0. The Morgan fingerprint density at radius 3 is 1.50 bits per heavy atom. The number of hydrogen-bond donors (Lipinski definition) is 1. The van der Waals surface area contributed by atoms with E-state index < -0.39 is 9.53 Å². The molecule has 0 bridgehead atoms. The van der Waals surface area contributed by atoms with E-state index in [1.165, 1.54) is 14.2 Å². The van der Waals surface area contributed by atoms with E-state index in [9.17, 15) is 0 Å². The Hall–Kier alpha value is 2.10. The van der Waals surface area contributed by atoms with Gasteiger partial charge >= 0.3 is 68.6 Å². The third-order valence-corrected chi connectivity index (χ3v) is 1.21. The number of rotatable bonds is 2. The molecule has 0 saturated heterocycles. The molecule has 0 aromatic carbocycles. The fourth-order valence-electron chi connectivity index (χ4n) is 0.0962. The van der Waals surface area contributed by atoms with Crippen LogP contribution in [0.1, 0.15) is 2.85 Å². The van der Waals surface area contributed by atoms with Crippen molar-refractivity contribution in [3.8, 4) is 0 Å². The first-order valence-corrected chi connectivity index (χ1v) is 3.01. The topological polar surface area (TPSA) is 38.7 Å². The molecule has 0 radical (unpaired) electrons. The molecule has 0 aliphatic carbocycles. The van der Waals surface area contributed by atoms with Gasteiger partial charge in [-0.3, -0.25) is 0 Å². The van der Waals surface area contributed by atoms with Gasteiger partial charge in [0.2, 0.25) is 0 Å². The van der Waals surface area contributed by atoms with Gasteiger partial charge < -0.3 is 16.5 Å². The third-order valence-electron chi connectivity index (χ3n) is 0.403. The van der Waals surface area contributed by atoms with E-state index in [1.807, 2.05) is 0 Å². The quantitative estimate of drug-likeness (QED) is 0.404. The van der Waals surface area contributed by atoms with Crippen LogP contribution in [0.3, 0.4) is 0 Å². The van der Waals surface area contributed by atoms with Gasteiger partial charge in [-0.2, -0.15) is 0 Å². The number of hydrogen-bond acceptors (Lipinski definition) is 3. The van der Waals surface area contributed by atoms with Gasteiger partial charge in [-0.15, -0.1) is 0 Å². The molecule has 3 nitrogen and oxygen atoms in total. The van der Waals surface area contributed by atoms with Gasteiger partial charge in [0.05, 0.1) is 0 Å². The van der Waals surface area contributed by atoms with Gasteiger partial charge in [-0.1, -0.05) is 0 Å². The minimum atomic E-state index is -2.16. The van der Waals surface area contributed by atoms with Crippen molar-refractivity contribution in [3.63, 3.8) is 0 Å². The van der Waals surface area contributed by atoms with E-state index in [-0.39, 0.29) is 62.0 Å². The van der Waals surface area contributed by atoms with Gasteiger partial charge in [0.25, 0.3) is 0 Å². The van der Waals surface area contributed by atoms with Crippen molar-refractivity contribution in [1.29, 1.82) is 0 Å². The summed E-state index contributed by atoms with van der Waals surface area (Å²) in [4.78, 5) is 8.36. The molecule has 0 rings (SSSR count). The Bertz CT molecular complexity index is 41.7. The third kappa shape index (κ3) is 11.0. The molecule has 1 N–H and O–H groups in total. The normalized spacial score (nSPS) is 7.50. The first-order valence-electron chi connectivity index (χ1n) is 1.55. The molecule has 0 heterocycles. The second-order valence-corrected chi connectivity index (χ2v) is 2.34. The van der Waals surface area contributed by atoms with E-state index in [0.717, 1.165) is 0 Å². The summed E-state index contributed by atoms with van der Waals surface area (Å²) in [6.45, 7) is 0. The molecule has 0 aromatic heterocycles. The van der Waals surface area contributed by atoms with E-state index in [4.69, 9.17) is 4.80 Å². The summed E-state index contributed by atoms with van der Waals surface area (Å²) in [5.41, 5.74) is 0.